The van der Waals surface area contributed by atoms with E-state index in [4.69, 9.17) is 4.74 Å². The Bertz CT molecular complexity index is 184. The van der Waals surface area contributed by atoms with Crippen LogP contribution in [0.4, 0.5) is 0 Å². The Morgan fingerprint density at radius 3 is 2.59 bits per heavy atom. The summed E-state index contributed by atoms with van der Waals surface area (Å²) in [7, 11) is 0. The molecule has 0 heterocycles. The second-order valence-corrected chi connectivity index (χ2v) is 5.41. The smallest absolute Gasteiger partial charge is 0.0469 e. The van der Waals surface area contributed by atoms with Gasteiger partial charge < -0.3 is 10.1 Å². The monoisotopic (exact) mass is 241 g/mol. The highest BCUT2D eigenvalue weighted by Crippen LogP contribution is 2.33. The molecule has 2 heteroatoms. The summed E-state index contributed by atoms with van der Waals surface area (Å²) in [6, 6.07) is 0.744. The van der Waals surface area contributed by atoms with Gasteiger partial charge in [-0.3, -0.25) is 0 Å². The van der Waals surface area contributed by atoms with Crippen molar-refractivity contribution in [2.24, 2.45) is 11.8 Å². The average molecular weight is 241 g/mol. The standard InChI is InChI=1S/C15H31NO/c1-4-10-17-11-9-14-12-13(5-2)7-8-15(14)16-6-3/h13-16H,4-12H2,1-3H3. The van der Waals surface area contributed by atoms with Crippen LogP contribution >= 0.6 is 0 Å². The average Bonchev–Trinajstić information content (AvgIpc) is 2.36. The normalized spacial score (nSPS) is 29.5. The lowest BCUT2D eigenvalue weighted by molar-refractivity contribution is 0.0962. The molecule has 0 aromatic heterocycles. The molecule has 1 aliphatic carbocycles. The minimum atomic E-state index is 0.744. The Balaban J connectivity index is 2.32. The Labute approximate surface area is 108 Å². The van der Waals surface area contributed by atoms with E-state index in [0.29, 0.717) is 0 Å². The van der Waals surface area contributed by atoms with Gasteiger partial charge in [-0.15, -0.1) is 0 Å². The summed E-state index contributed by atoms with van der Waals surface area (Å²) in [4.78, 5) is 0. The zero-order valence-corrected chi connectivity index (χ0v) is 12.0. The summed E-state index contributed by atoms with van der Waals surface area (Å²) in [6.07, 6.45) is 7.92. The van der Waals surface area contributed by atoms with Crippen molar-refractivity contribution in [3.05, 3.63) is 0 Å². The molecule has 0 bridgehead atoms. The Morgan fingerprint density at radius 1 is 1.12 bits per heavy atom. The van der Waals surface area contributed by atoms with Crippen LogP contribution in [0.15, 0.2) is 0 Å². The van der Waals surface area contributed by atoms with Gasteiger partial charge in [-0.05, 0) is 50.5 Å². The highest BCUT2D eigenvalue weighted by atomic mass is 16.5. The zero-order valence-electron chi connectivity index (χ0n) is 12.0. The molecule has 0 saturated heterocycles. The number of nitrogens with one attached hydrogen (secondary N) is 1. The van der Waals surface area contributed by atoms with E-state index >= 15 is 0 Å². The van der Waals surface area contributed by atoms with E-state index in [1.165, 1.54) is 32.1 Å². The molecule has 102 valence electrons. The van der Waals surface area contributed by atoms with E-state index in [2.05, 4.69) is 26.1 Å². The predicted octanol–water partition coefficient (Wildman–Crippen LogP) is 3.61. The van der Waals surface area contributed by atoms with Crippen molar-refractivity contribution in [1.82, 2.24) is 5.32 Å². The van der Waals surface area contributed by atoms with Gasteiger partial charge in [0.25, 0.3) is 0 Å². The molecular weight excluding hydrogens is 210 g/mol. The van der Waals surface area contributed by atoms with Crippen LogP contribution in [0, 0.1) is 11.8 Å². The minimum Gasteiger partial charge on any atom is -0.381 e. The third kappa shape index (κ3) is 5.39. The van der Waals surface area contributed by atoms with E-state index in [-0.39, 0.29) is 0 Å². The van der Waals surface area contributed by atoms with Gasteiger partial charge in [-0.25, -0.2) is 0 Å². The molecule has 0 aromatic rings. The molecule has 1 N–H and O–H groups in total. The fourth-order valence-electron chi connectivity index (χ4n) is 3.06. The van der Waals surface area contributed by atoms with Gasteiger partial charge in [0.2, 0.25) is 0 Å². The third-order valence-corrected chi connectivity index (χ3v) is 4.12. The molecule has 0 radical (unpaired) electrons. The molecule has 17 heavy (non-hydrogen) atoms. The molecule has 0 aromatic carbocycles. The summed E-state index contributed by atoms with van der Waals surface area (Å²) in [5, 5.41) is 3.66. The lowest BCUT2D eigenvalue weighted by Crippen LogP contribution is -2.41. The predicted molar refractivity (Wildman–Crippen MR) is 74.3 cm³/mol. The molecular formula is C15H31NO. The summed E-state index contributed by atoms with van der Waals surface area (Å²) in [5.74, 6) is 1.80. The van der Waals surface area contributed by atoms with Crippen LogP contribution in [0.25, 0.3) is 0 Å². The fourth-order valence-corrected chi connectivity index (χ4v) is 3.06. The molecule has 0 aliphatic heterocycles. The van der Waals surface area contributed by atoms with Crippen molar-refractivity contribution in [2.45, 2.75) is 65.3 Å². The molecule has 1 aliphatic rings. The maximum Gasteiger partial charge on any atom is 0.0469 e. The summed E-state index contributed by atoms with van der Waals surface area (Å²) < 4.78 is 5.65. The van der Waals surface area contributed by atoms with E-state index in [0.717, 1.165) is 44.1 Å². The maximum absolute atomic E-state index is 5.65. The molecule has 3 unspecified atom stereocenters. The van der Waals surface area contributed by atoms with Crippen molar-refractivity contribution in [3.8, 4) is 0 Å². The molecule has 0 spiro atoms. The summed E-state index contributed by atoms with van der Waals surface area (Å²) in [5.41, 5.74) is 0. The molecule has 0 amide bonds. The molecule has 1 saturated carbocycles. The highest BCUT2D eigenvalue weighted by Gasteiger charge is 2.28. The third-order valence-electron chi connectivity index (χ3n) is 4.12. The fraction of sp³-hybridized carbons (Fsp3) is 1.00. The summed E-state index contributed by atoms with van der Waals surface area (Å²) in [6.45, 7) is 9.72. The van der Waals surface area contributed by atoms with Crippen molar-refractivity contribution in [2.75, 3.05) is 19.8 Å². The first-order valence-electron chi connectivity index (χ1n) is 7.62. The van der Waals surface area contributed by atoms with Gasteiger partial charge in [0.05, 0.1) is 0 Å². The number of ether oxygens (including phenoxy) is 1. The molecule has 1 rings (SSSR count). The van der Waals surface area contributed by atoms with Crippen LogP contribution in [-0.2, 0) is 4.74 Å². The zero-order chi connectivity index (χ0) is 12.5. The number of hydrogen-bond donors (Lipinski definition) is 1. The lowest BCUT2D eigenvalue weighted by Gasteiger charge is -2.36. The highest BCUT2D eigenvalue weighted by molar-refractivity contribution is 4.84. The SMILES string of the molecule is CCCOCCC1CC(CC)CCC1NCC. The topological polar surface area (TPSA) is 21.3 Å². The van der Waals surface area contributed by atoms with Gasteiger partial charge >= 0.3 is 0 Å². The molecule has 1 fully saturated rings. The Kier molecular flexibility index (Phi) is 7.87. The van der Waals surface area contributed by atoms with Crippen LogP contribution in [0.2, 0.25) is 0 Å². The maximum atomic E-state index is 5.65. The van der Waals surface area contributed by atoms with Crippen molar-refractivity contribution >= 4 is 0 Å². The van der Waals surface area contributed by atoms with Gasteiger partial charge in [-0.2, -0.15) is 0 Å². The van der Waals surface area contributed by atoms with E-state index in [9.17, 15) is 0 Å². The van der Waals surface area contributed by atoms with Gasteiger partial charge in [0.1, 0.15) is 0 Å². The van der Waals surface area contributed by atoms with Crippen molar-refractivity contribution in [3.63, 3.8) is 0 Å². The quantitative estimate of drug-likeness (QED) is 0.656. The van der Waals surface area contributed by atoms with Gasteiger partial charge in [-0.1, -0.05) is 27.2 Å². The van der Waals surface area contributed by atoms with Crippen LogP contribution in [-0.4, -0.2) is 25.8 Å². The first-order chi connectivity index (χ1) is 8.31. The van der Waals surface area contributed by atoms with Crippen LogP contribution in [0.1, 0.15) is 59.3 Å². The molecule has 3 atom stereocenters. The van der Waals surface area contributed by atoms with Crippen molar-refractivity contribution in [1.29, 1.82) is 0 Å². The number of rotatable bonds is 8. The van der Waals surface area contributed by atoms with Crippen molar-refractivity contribution < 1.29 is 4.74 Å². The van der Waals surface area contributed by atoms with E-state index < -0.39 is 0 Å². The minimum absolute atomic E-state index is 0.744. The lowest BCUT2D eigenvalue weighted by atomic mass is 9.75. The van der Waals surface area contributed by atoms with Crippen LogP contribution < -0.4 is 5.32 Å². The summed E-state index contributed by atoms with van der Waals surface area (Å²) >= 11 is 0. The Morgan fingerprint density at radius 2 is 1.94 bits per heavy atom. The van der Waals surface area contributed by atoms with E-state index in [1.54, 1.807) is 0 Å². The second-order valence-electron chi connectivity index (χ2n) is 5.41. The van der Waals surface area contributed by atoms with E-state index in [1.807, 2.05) is 0 Å². The second kappa shape index (κ2) is 8.93. The number of hydrogen-bond acceptors (Lipinski definition) is 2. The first-order valence-corrected chi connectivity index (χ1v) is 7.62. The van der Waals surface area contributed by atoms with Gasteiger partial charge in [0, 0.05) is 19.3 Å². The molecule has 2 nitrogen and oxygen atoms in total. The van der Waals surface area contributed by atoms with Crippen LogP contribution in [0.3, 0.4) is 0 Å². The largest absolute Gasteiger partial charge is 0.381 e. The van der Waals surface area contributed by atoms with Crippen LogP contribution in [0.5, 0.6) is 0 Å². The first kappa shape index (κ1) is 15.0. The van der Waals surface area contributed by atoms with Gasteiger partial charge in [0.15, 0.2) is 0 Å². The Hall–Kier alpha value is -0.0800.